The SMILES string of the molecule is CCc1cnccc1CNC(=O)[C@@H]1CCCO[C@H]1c1cn[nH]c1. The van der Waals surface area contributed by atoms with Crippen LogP contribution in [0, 0.1) is 5.92 Å². The second-order valence-electron chi connectivity index (χ2n) is 5.79. The maximum absolute atomic E-state index is 12.6. The number of amides is 1. The Kier molecular flexibility index (Phi) is 5.02. The number of ether oxygens (including phenoxy) is 1. The molecule has 0 saturated carbocycles. The summed E-state index contributed by atoms with van der Waals surface area (Å²) in [5.74, 6) is -0.136. The standard InChI is InChI=1S/C17H22N4O2/c1-2-12-8-18-6-5-13(12)9-19-17(22)15-4-3-7-23-16(15)14-10-20-21-11-14/h5-6,8,10-11,15-16H,2-4,7,9H2,1H3,(H,19,22)(H,20,21)/t15-,16+/m1/s1. The normalized spacial score (nSPS) is 21.1. The minimum Gasteiger partial charge on any atom is -0.373 e. The van der Waals surface area contributed by atoms with Crippen molar-refractivity contribution in [2.24, 2.45) is 5.92 Å². The maximum atomic E-state index is 12.6. The van der Waals surface area contributed by atoms with Gasteiger partial charge in [0, 0.05) is 37.3 Å². The largest absolute Gasteiger partial charge is 0.373 e. The number of carbonyl (C=O) groups excluding carboxylic acids is 1. The highest BCUT2D eigenvalue weighted by Crippen LogP contribution is 2.33. The number of aromatic amines is 1. The van der Waals surface area contributed by atoms with Gasteiger partial charge in [0.15, 0.2) is 0 Å². The van der Waals surface area contributed by atoms with Crippen LogP contribution in [0.15, 0.2) is 30.9 Å². The average Bonchev–Trinajstić information content (AvgIpc) is 3.14. The fourth-order valence-corrected chi connectivity index (χ4v) is 3.05. The summed E-state index contributed by atoms with van der Waals surface area (Å²) in [6.45, 7) is 3.30. The quantitative estimate of drug-likeness (QED) is 0.886. The number of aryl methyl sites for hydroxylation is 1. The molecule has 2 aromatic heterocycles. The Bertz CT molecular complexity index is 642. The molecule has 0 spiro atoms. The van der Waals surface area contributed by atoms with Gasteiger partial charge in [-0.05, 0) is 36.5 Å². The summed E-state index contributed by atoms with van der Waals surface area (Å²) < 4.78 is 5.82. The van der Waals surface area contributed by atoms with Crippen LogP contribution in [-0.4, -0.2) is 27.7 Å². The summed E-state index contributed by atoms with van der Waals surface area (Å²) in [6, 6.07) is 1.96. The molecule has 0 bridgehead atoms. The van der Waals surface area contributed by atoms with E-state index in [4.69, 9.17) is 4.74 Å². The third kappa shape index (κ3) is 3.59. The van der Waals surface area contributed by atoms with Gasteiger partial charge in [0.1, 0.15) is 0 Å². The van der Waals surface area contributed by atoms with Crippen LogP contribution in [0.4, 0.5) is 0 Å². The number of hydrogen-bond acceptors (Lipinski definition) is 4. The van der Waals surface area contributed by atoms with Gasteiger partial charge in [-0.2, -0.15) is 5.10 Å². The van der Waals surface area contributed by atoms with Gasteiger partial charge in [-0.1, -0.05) is 6.92 Å². The van der Waals surface area contributed by atoms with Crippen LogP contribution >= 0.6 is 0 Å². The molecule has 3 rings (SSSR count). The molecular weight excluding hydrogens is 292 g/mol. The summed E-state index contributed by atoms with van der Waals surface area (Å²) in [5, 5.41) is 9.81. The van der Waals surface area contributed by atoms with Crippen LogP contribution in [0.2, 0.25) is 0 Å². The molecule has 2 N–H and O–H groups in total. The van der Waals surface area contributed by atoms with Crippen molar-refractivity contribution in [1.82, 2.24) is 20.5 Å². The molecule has 1 aliphatic rings. The van der Waals surface area contributed by atoms with Crippen molar-refractivity contribution in [3.8, 4) is 0 Å². The van der Waals surface area contributed by atoms with Gasteiger partial charge in [0.2, 0.25) is 5.91 Å². The first kappa shape index (κ1) is 15.7. The minimum atomic E-state index is -0.217. The van der Waals surface area contributed by atoms with E-state index in [1.54, 1.807) is 18.6 Å². The lowest BCUT2D eigenvalue weighted by Gasteiger charge is -2.30. The van der Waals surface area contributed by atoms with Crippen LogP contribution in [0.3, 0.4) is 0 Å². The van der Waals surface area contributed by atoms with Crippen molar-refractivity contribution in [2.45, 2.75) is 38.8 Å². The average molecular weight is 314 g/mol. The zero-order valence-electron chi connectivity index (χ0n) is 13.3. The molecule has 2 atom stereocenters. The van der Waals surface area contributed by atoms with Crippen LogP contribution in [0.1, 0.15) is 42.6 Å². The molecule has 1 saturated heterocycles. The van der Waals surface area contributed by atoms with E-state index in [1.165, 1.54) is 5.56 Å². The topological polar surface area (TPSA) is 79.9 Å². The minimum absolute atomic E-state index is 0.0368. The Labute approximate surface area is 135 Å². The van der Waals surface area contributed by atoms with E-state index in [-0.39, 0.29) is 17.9 Å². The fraction of sp³-hybridized carbons (Fsp3) is 0.471. The van der Waals surface area contributed by atoms with Crippen molar-refractivity contribution in [1.29, 1.82) is 0 Å². The third-order valence-electron chi connectivity index (χ3n) is 4.35. The predicted molar refractivity (Wildman–Crippen MR) is 85.5 cm³/mol. The van der Waals surface area contributed by atoms with Crippen molar-refractivity contribution in [3.63, 3.8) is 0 Å². The second-order valence-corrected chi connectivity index (χ2v) is 5.79. The molecule has 0 aromatic carbocycles. The van der Waals surface area contributed by atoms with Gasteiger partial charge in [0.25, 0.3) is 0 Å². The summed E-state index contributed by atoms with van der Waals surface area (Å²) in [6.07, 6.45) is 9.58. The number of nitrogens with one attached hydrogen (secondary N) is 2. The lowest BCUT2D eigenvalue weighted by Crippen LogP contribution is -2.37. The van der Waals surface area contributed by atoms with E-state index in [0.717, 1.165) is 30.4 Å². The fourth-order valence-electron chi connectivity index (χ4n) is 3.05. The zero-order chi connectivity index (χ0) is 16.1. The van der Waals surface area contributed by atoms with E-state index >= 15 is 0 Å². The first-order chi connectivity index (χ1) is 11.3. The molecule has 1 aliphatic heterocycles. The molecule has 122 valence electrons. The molecule has 23 heavy (non-hydrogen) atoms. The Morgan fingerprint density at radius 1 is 1.43 bits per heavy atom. The van der Waals surface area contributed by atoms with Crippen LogP contribution in [0.25, 0.3) is 0 Å². The number of rotatable bonds is 5. The molecule has 0 radical (unpaired) electrons. The van der Waals surface area contributed by atoms with Crippen LogP contribution in [-0.2, 0) is 22.5 Å². The Morgan fingerprint density at radius 2 is 2.35 bits per heavy atom. The van der Waals surface area contributed by atoms with Gasteiger partial charge in [-0.25, -0.2) is 0 Å². The number of H-pyrrole nitrogens is 1. The number of pyridine rings is 1. The van der Waals surface area contributed by atoms with Crippen LogP contribution in [0.5, 0.6) is 0 Å². The lowest BCUT2D eigenvalue weighted by atomic mass is 9.90. The third-order valence-corrected chi connectivity index (χ3v) is 4.35. The van der Waals surface area contributed by atoms with E-state index < -0.39 is 0 Å². The Balaban J connectivity index is 1.66. The lowest BCUT2D eigenvalue weighted by molar-refractivity contribution is -0.134. The van der Waals surface area contributed by atoms with Gasteiger partial charge < -0.3 is 10.1 Å². The highest BCUT2D eigenvalue weighted by molar-refractivity contribution is 5.79. The molecule has 2 aromatic rings. The summed E-state index contributed by atoms with van der Waals surface area (Å²) in [7, 11) is 0. The highest BCUT2D eigenvalue weighted by atomic mass is 16.5. The van der Waals surface area contributed by atoms with Crippen molar-refractivity contribution >= 4 is 5.91 Å². The van der Waals surface area contributed by atoms with Crippen molar-refractivity contribution in [2.75, 3.05) is 6.61 Å². The number of nitrogens with zero attached hydrogens (tertiary/aromatic N) is 2. The number of hydrogen-bond donors (Lipinski definition) is 2. The monoisotopic (exact) mass is 314 g/mol. The first-order valence-electron chi connectivity index (χ1n) is 8.09. The predicted octanol–water partition coefficient (Wildman–Crippen LogP) is 2.15. The van der Waals surface area contributed by atoms with Gasteiger partial charge in [-0.3, -0.25) is 14.9 Å². The molecule has 6 nitrogen and oxygen atoms in total. The number of aromatic nitrogens is 3. The summed E-state index contributed by atoms with van der Waals surface area (Å²) in [4.78, 5) is 16.8. The Hall–Kier alpha value is -2.21. The summed E-state index contributed by atoms with van der Waals surface area (Å²) >= 11 is 0. The van der Waals surface area contributed by atoms with Gasteiger partial charge >= 0.3 is 0 Å². The number of carbonyl (C=O) groups is 1. The van der Waals surface area contributed by atoms with E-state index in [2.05, 4.69) is 27.4 Å². The second kappa shape index (κ2) is 7.37. The molecule has 6 heteroatoms. The first-order valence-corrected chi connectivity index (χ1v) is 8.09. The van der Waals surface area contributed by atoms with Gasteiger partial charge in [-0.15, -0.1) is 0 Å². The van der Waals surface area contributed by atoms with Gasteiger partial charge in [0.05, 0.1) is 18.2 Å². The van der Waals surface area contributed by atoms with E-state index in [1.807, 2.05) is 12.3 Å². The van der Waals surface area contributed by atoms with E-state index in [0.29, 0.717) is 13.2 Å². The van der Waals surface area contributed by atoms with Crippen molar-refractivity contribution in [3.05, 3.63) is 47.5 Å². The van der Waals surface area contributed by atoms with Crippen molar-refractivity contribution < 1.29 is 9.53 Å². The Morgan fingerprint density at radius 3 is 3.13 bits per heavy atom. The molecule has 0 aliphatic carbocycles. The zero-order valence-corrected chi connectivity index (χ0v) is 13.3. The highest BCUT2D eigenvalue weighted by Gasteiger charge is 2.33. The molecule has 1 amide bonds. The van der Waals surface area contributed by atoms with E-state index in [9.17, 15) is 4.79 Å². The molecule has 0 unspecified atom stereocenters. The molecule has 3 heterocycles. The van der Waals surface area contributed by atoms with Crippen LogP contribution < -0.4 is 5.32 Å². The molecular formula is C17H22N4O2. The summed E-state index contributed by atoms with van der Waals surface area (Å²) in [5.41, 5.74) is 3.22. The smallest absolute Gasteiger partial charge is 0.226 e. The maximum Gasteiger partial charge on any atom is 0.226 e. The molecule has 1 fully saturated rings.